The van der Waals surface area contributed by atoms with E-state index in [1.54, 1.807) is 11.0 Å². The zero-order valence-corrected chi connectivity index (χ0v) is 14.9. The molecule has 3 aromatic rings. The maximum atomic E-state index is 13.7. The van der Waals surface area contributed by atoms with E-state index in [0.717, 1.165) is 23.4 Å². The fourth-order valence-electron chi connectivity index (χ4n) is 2.47. The molecule has 0 aliphatic heterocycles. The highest BCUT2D eigenvalue weighted by atomic mass is 19.1. The van der Waals surface area contributed by atoms with Crippen LogP contribution in [0.2, 0.25) is 0 Å². The van der Waals surface area contributed by atoms with E-state index >= 15 is 0 Å². The van der Waals surface area contributed by atoms with Crippen molar-refractivity contribution in [2.45, 2.75) is 20.0 Å². The first-order chi connectivity index (χ1) is 13.2. The normalized spacial score (nSPS) is 11.4. The second kappa shape index (κ2) is 8.88. The maximum Gasteiger partial charge on any atom is 0.191 e. The van der Waals surface area contributed by atoms with Crippen LogP contribution in [0.5, 0.6) is 0 Å². The molecule has 0 aliphatic carbocycles. The van der Waals surface area contributed by atoms with Gasteiger partial charge in [-0.3, -0.25) is 0 Å². The van der Waals surface area contributed by atoms with Crippen molar-refractivity contribution < 1.29 is 8.78 Å². The molecule has 2 aromatic carbocycles. The lowest BCUT2D eigenvalue weighted by atomic mass is 10.2. The quantitative estimate of drug-likeness (QED) is 0.517. The molecule has 2 N–H and O–H groups in total. The molecular weight excluding hydrogens is 350 g/mol. The van der Waals surface area contributed by atoms with Crippen LogP contribution in [0.3, 0.4) is 0 Å². The van der Waals surface area contributed by atoms with E-state index in [2.05, 4.69) is 25.7 Å². The summed E-state index contributed by atoms with van der Waals surface area (Å²) < 4.78 is 28.7. The number of halogens is 2. The standard InChI is InChI=1S/C19H20F2N6/c1-2-23-19(25-11-15-9-16(20)5-8-18(15)21)24-10-14-3-6-17(7-4-14)27-13-22-12-26-27/h3-9,12-13H,2,10-11H2,1H3,(H2,23,24,25). The third kappa shape index (κ3) is 5.10. The molecule has 0 saturated heterocycles. The number of aromatic nitrogens is 3. The van der Waals surface area contributed by atoms with E-state index in [4.69, 9.17) is 0 Å². The van der Waals surface area contributed by atoms with Gasteiger partial charge in [-0.1, -0.05) is 12.1 Å². The summed E-state index contributed by atoms with van der Waals surface area (Å²) in [5.74, 6) is -0.396. The maximum absolute atomic E-state index is 13.7. The molecule has 0 fully saturated rings. The molecular formula is C19H20F2N6. The topological polar surface area (TPSA) is 67.1 Å². The van der Waals surface area contributed by atoms with Gasteiger partial charge in [-0.05, 0) is 42.8 Å². The summed E-state index contributed by atoms with van der Waals surface area (Å²) in [6.07, 6.45) is 3.11. The van der Waals surface area contributed by atoms with Gasteiger partial charge in [0, 0.05) is 18.7 Å². The molecule has 3 rings (SSSR count). The fraction of sp³-hybridized carbons (Fsp3) is 0.211. The number of rotatable bonds is 6. The Hall–Kier alpha value is -3.29. The highest BCUT2D eigenvalue weighted by molar-refractivity contribution is 5.79. The third-order valence-electron chi connectivity index (χ3n) is 3.84. The Labute approximate surface area is 156 Å². The average molecular weight is 370 g/mol. The lowest BCUT2D eigenvalue weighted by Gasteiger charge is -2.12. The summed E-state index contributed by atoms with van der Waals surface area (Å²) in [5.41, 5.74) is 2.16. The first kappa shape index (κ1) is 18.5. The molecule has 140 valence electrons. The van der Waals surface area contributed by atoms with Crippen LogP contribution in [0, 0.1) is 11.6 Å². The van der Waals surface area contributed by atoms with Gasteiger partial charge in [0.1, 0.15) is 24.3 Å². The minimum Gasteiger partial charge on any atom is -0.357 e. The van der Waals surface area contributed by atoms with Gasteiger partial charge in [0.2, 0.25) is 0 Å². The van der Waals surface area contributed by atoms with Crippen LogP contribution in [-0.2, 0) is 13.1 Å². The van der Waals surface area contributed by atoms with Crippen molar-refractivity contribution in [1.82, 2.24) is 25.4 Å². The van der Waals surface area contributed by atoms with Crippen LogP contribution in [0.25, 0.3) is 5.69 Å². The molecule has 0 radical (unpaired) electrons. The molecule has 1 aromatic heterocycles. The minimum atomic E-state index is -0.470. The van der Waals surface area contributed by atoms with Gasteiger partial charge in [0.15, 0.2) is 5.96 Å². The van der Waals surface area contributed by atoms with Crippen LogP contribution in [0.15, 0.2) is 60.1 Å². The van der Waals surface area contributed by atoms with E-state index in [0.29, 0.717) is 19.0 Å². The number of nitrogens with zero attached hydrogens (tertiary/aromatic N) is 4. The largest absolute Gasteiger partial charge is 0.357 e. The molecule has 8 heteroatoms. The lowest BCUT2D eigenvalue weighted by molar-refractivity contribution is 0.581. The lowest BCUT2D eigenvalue weighted by Crippen LogP contribution is -2.37. The molecule has 1 heterocycles. The third-order valence-corrected chi connectivity index (χ3v) is 3.84. The molecule has 0 amide bonds. The minimum absolute atomic E-state index is 0.140. The number of hydrogen-bond acceptors (Lipinski definition) is 3. The predicted octanol–water partition coefficient (Wildman–Crippen LogP) is 2.80. The first-order valence-corrected chi connectivity index (χ1v) is 8.55. The van der Waals surface area contributed by atoms with E-state index in [9.17, 15) is 8.78 Å². The Bertz CT molecular complexity index is 891. The Morgan fingerprint density at radius 1 is 1.11 bits per heavy atom. The second-order valence-corrected chi connectivity index (χ2v) is 5.79. The van der Waals surface area contributed by atoms with Crippen LogP contribution >= 0.6 is 0 Å². The summed E-state index contributed by atoms with van der Waals surface area (Å²) in [5, 5.41) is 10.2. The summed E-state index contributed by atoms with van der Waals surface area (Å²) in [6.45, 7) is 3.18. The Morgan fingerprint density at radius 3 is 2.63 bits per heavy atom. The predicted molar refractivity (Wildman–Crippen MR) is 99.4 cm³/mol. The van der Waals surface area contributed by atoms with Crippen molar-refractivity contribution in [3.8, 4) is 5.69 Å². The van der Waals surface area contributed by atoms with Gasteiger partial charge < -0.3 is 10.6 Å². The van der Waals surface area contributed by atoms with Crippen molar-refractivity contribution in [2.75, 3.05) is 6.54 Å². The van der Waals surface area contributed by atoms with E-state index in [-0.39, 0.29) is 12.1 Å². The first-order valence-electron chi connectivity index (χ1n) is 8.55. The monoisotopic (exact) mass is 370 g/mol. The summed E-state index contributed by atoms with van der Waals surface area (Å²) >= 11 is 0. The van der Waals surface area contributed by atoms with Gasteiger partial charge >= 0.3 is 0 Å². The average Bonchev–Trinajstić information content (AvgIpc) is 3.21. The highest BCUT2D eigenvalue weighted by Crippen LogP contribution is 2.10. The van der Waals surface area contributed by atoms with Crippen molar-refractivity contribution >= 4 is 5.96 Å². The number of nitrogens with one attached hydrogen (secondary N) is 2. The smallest absolute Gasteiger partial charge is 0.191 e. The highest BCUT2D eigenvalue weighted by Gasteiger charge is 2.05. The Balaban J connectivity index is 1.64. The summed E-state index contributed by atoms with van der Waals surface area (Å²) in [4.78, 5) is 8.41. The second-order valence-electron chi connectivity index (χ2n) is 5.79. The number of benzene rings is 2. The molecule has 0 unspecified atom stereocenters. The van der Waals surface area contributed by atoms with Crippen molar-refractivity contribution in [2.24, 2.45) is 4.99 Å². The Kier molecular flexibility index (Phi) is 6.09. The number of aliphatic imine (C=N–C) groups is 1. The van der Waals surface area contributed by atoms with E-state index in [1.165, 1.54) is 12.4 Å². The number of guanidine groups is 1. The van der Waals surface area contributed by atoms with Crippen LogP contribution in [0.4, 0.5) is 8.78 Å². The van der Waals surface area contributed by atoms with E-state index in [1.807, 2.05) is 31.2 Å². The number of hydrogen-bond donors (Lipinski definition) is 2. The molecule has 0 atom stereocenters. The van der Waals surface area contributed by atoms with Crippen molar-refractivity contribution in [3.63, 3.8) is 0 Å². The Morgan fingerprint density at radius 2 is 1.93 bits per heavy atom. The molecule has 27 heavy (non-hydrogen) atoms. The van der Waals surface area contributed by atoms with Gasteiger partial charge in [0.25, 0.3) is 0 Å². The van der Waals surface area contributed by atoms with E-state index < -0.39 is 11.6 Å². The molecule has 0 saturated carbocycles. The van der Waals surface area contributed by atoms with Gasteiger partial charge in [-0.15, -0.1) is 0 Å². The van der Waals surface area contributed by atoms with Crippen molar-refractivity contribution in [3.05, 3.63) is 77.9 Å². The van der Waals surface area contributed by atoms with Crippen LogP contribution < -0.4 is 10.6 Å². The summed E-state index contributed by atoms with van der Waals surface area (Å²) in [6, 6.07) is 11.2. The zero-order chi connectivity index (χ0) is 19.1. The molecule has 0 spiro atoms. The molecule has 6 nitrogen and oxygen atoms in total. The zero-order valence-electron chi connectivity index (χ0n) is 14.9. The summed E-state index contributed by atoms with van der Waals surface area (Å²) in [7, 11) is 0. The van der Waals surface area contributed by atoms with Crippen LogP contribution in [0.1, 0.15) is 18.1 Å². The van der Waals surface area contributed by atoms with Gasteiger partial charge in [-0.25, -0.2) is 23.4 Å². The fourth-order valence-corrected chi connectivity index (χ4v) is 2.47. The van der Waals surface area contributed by atoms with Gasteiger partial charge in [-0.2, -0.15) is 5.10 Å². The molecule has 0 aliphatic rings. The SMILES string of the molecule is CCNC(=NCc1ccc(-n2cncn2)cc1)NCc1cc(F)ccc1F. The molecule has 0 bridgehead atoms. The van der Waals surface area contributed by atoms with Crippen molar-refractivity contribution in [1.29, 1.82) is 0 Å². The van der Waals surface area contributed by atoms with Gasteiger partial charge in [0.05, 0.1) is 12.2 Å². The van der Waals surface area contributed by atoms with Crippen LogP contribution in [-0.4, -0.2) is 27.3 Å².